The van der Waals surface area contributed by atoms with Crippen LogP contribution in [0.25, 0.3) is 0 Å². The second kappa shape index (κ2) is 4.97. The summed E-state index contributed by atoms with van der Waals surface area (Å²) >= 11 is 0. The number of nitrogens with one attached hydrogen (secondary N) is 1. The van der Waals surface area contributed by atoms with E-state index >= 15 is 0 Å². The number of benzene rings is 1. The molecule has 3 N–H and O–H groups in total. The summed E-state index contributed by atoms with van der Waals surface area (Å²) in [5.74, 6) is 1.47. The maximum absolute atomic E-state index is 12.7. The Balaban J connectivity index is 1.52. The van der Waals surface area contributed by atoms with Crippen LogP contribution in [0.5, 0.6) is 0 Å². The molecule has 2 unspecified atom stereocenters. The fourth-order valence-corrected chi connectivity index (χ4v) is 5.70. The molecule has 0 aliphatic heterocycles. The maximum atomic E-state index is 12.7. The topological polar surface area (TPSA) is 58.4 Å². The minimum absolute atomic E-state index is 0.0356. The third-order valence-corrected chi connectivity index (χ3v) is 6.13. The molecule has 4 nitrogen and oxygen atoms in total. The van der Waals surface area contributed by atoms with Gasteiger partial charge in [0, 0.05) is 36.4 Å². The van der Waals surface area contributed by atoms with Crippen molar-refractivity contribution < 1.29 is 4.79 Å². The van der Waals surface area contributed by atoms with Crippen LogP contribution in [0, 0.1) is 11.8 Å². The summed E-state index contributed by atoms with van der Waals surface area (Å²) < 4.78 is 0. The predicted octanol–water partition coefficient (Wildman–Crippen LogP) is 2.53. The largest absolute Gasteiger partial charge is 0.378 e. The Morgan fingerprint density at radius 1 is 1.13 bits per heavy atom. The molecule has 4 aliphatic rings. The second-order valence-electron chi connectivity index (χ2n) is 8.50. The average Bonchev–Trinajstić information content (AvgIpc) is 2.44. The van der Waals surface area contributed by atoms with Crippen LogP contribution < -0.4 is 16.0 Å². The number of nitrogens with zero attached hydrogens (tertiary/aromatic N) is 1. The lowest BCUT2D eigenvalue weighted by molar-refractivity contribution is -0.0320. The summed E-state index contributed by atoms with van der Waals surface area (Å²) in [6.45, 7) is 0. The highest BCUT2D eigenvalue weighted by Crippen LogP contribution is 2.56. The Bertz CT molecular complexity index is 608. The molecule has 4 fully saturated rings. The van der Waals surface area contributed by atoms with Crippen molar-refractivity contribution in [2.24, 2.45) is 17.6 Å². The van der Waals surface area contributed by atoms with Gasteiger partial charge >= 0.3 is 0 Å². The van der Waals surface area contributed by atoms with E-state index in [4.69, 9.17) is 5.73 Å². The number of carbonyl (C=O) groups is 1. The maximum Gasteiger partial charge on any atom is 0.251 e. The number of amides is 1. The Labute approximate surface area is 138 Å². The highest BCUT2D eigenvalue weighted by atomic mass is 16.1. The van der Waals surface area contributed by atoms with E-state index in [1.54, 1.807) is 0 Å². The van der Waals surface area contributed by atoms with Gasteiger partial charge in [-0.2, -0.15) is 0 Å². The van der Waals surface area contributed by atoms with Gasteiger partial charge in [0.2, 0.25) is 0 Å². The first-order valence-electron chi connectivity index (χ1n) is 8.75. The first kappa shape index (κ1) is 15.0. The van der Waals surface area contributed by atoms with Crippen LogP contribution in [0.4, 0.5) is 5.69 Å². The van der Waals surface area contributed by atoms with Crippen molar-refractivity contribution in [3.63, 3.8) is 0 Å². The Kier molecular flexibility index (Phi) is 3.24. The number of anilines is 1. The minimum Gasteiger partial charge on any atom is -0.378 e. The van der Waals surface area contributed by atoms with Crippen molar-refractivity contribution in [2.45, 2.75) is 49.6 Å². The fourth-order valence-electron chi connectivity index (χ4n) is 5.70. The monoisotopic (exact) mass is 313 g/mol. The molecule has 4 heteroatoms. The van der Waals surface area contributed by atoms with Crippen molar-refractivity contribution in [1.29, 1.82) is 0 Å². The number of hydrogen-bond acceptors (Lipinski definition) is 3. The van der Waals surface area contributed by atoms with Crippen LogP contribution in [0.3, 0.4) is 0 Å². The van der Waals surface area contributed by atoms with E-state index in [1.165, 1.54) is 6.42 Å². The van der Waals surface area contributed by atoms with Gasteiger partial charge in [-0.25, -0.2) is 0 Å². The highest BCUT2D eigenvalue weighted by molar-refractivity contribution is 5.95. The summed E-state index contributed by atoms with van der Waals surface area (Å²) in [7, 11) is 4.01. The minimum atomic E-state index is -0.0594. The smallest absolute Gasteiger partial charge is 0.251 e. The van der Waals surface area contributed by atoms with Crippen molar-refractivity contribution in [3.05, 3.63) is 29.8 Å². The normalized spacial score (nSPS) is 37.7. The van der Waals surface area contributed by atoms with Crippen LogP contribution >= 0.6 is 0 Å². The van der Waals surface area contributed by atoms with E-state index < -0.39 is 0 Å². The molecule has 0 heterocycles. The predicted molar refractivity (Wildman–Crippen MR) is 92.6 cm³/mol. The highest BCUT2D eigenvalue weighted by Gasteiger charge is 2.56. The van der Waals surface area contributed by atoms with Gasteiger partial charge in [-0.05, 0) is 74.6 Å². The van der Waals surface area contributed by atoms with Crippen LogP contribution in [0.2, 0.25) is 0 Å². The van der Waals surface area contributed by atoms with Gasteiger partial charge in [-0.3, -0.25) is 4.79 Å². The molecule has 4 aliphatic carbocycles. The Morgan fingerprint density at radius 3 is 2.26 bits per heavy atom. The molecular weight excluding hydrogens is 286 g/mol. The van der Waals surface area contributed by atoms with E-state index in [1.807, 2.05) is 43.3 Å². The van der Waals surface area contributed by atoms with Gasteiger partial charge in [0.15, 0.2) is 0 Å². The molecule has 4 saturated carbocycles. The summed E-state index contributed by atoms with van der Waals surface area (Å²) in [5.41, 5.74) is 8.38. The van der Waals surface area contributed by atoms with Crippen LogP contribution in [-0.4, -0.2) is 31.1 Å². The molecule has 0 spiro atoms. The molecule has 1 aromatic rings. The molecule has 5 rings (SSSR count). The first-order chi connectivity index (χ1) is 10.9. The molecule has 0 radical (unpaired) electrons. The van der Waals surface area contributed by atoms with E-state index in [0.29, 0.717) is 11.8 Å². The van der Waals surface area contributed by atoms with Crippen molar-refractivity contribution in [3.8, 4) is 0 Å². The zero-order chi connectivity index (χ0) is 16.2. The zero-order valence-electron chi connectivity index (χ0n) is 14.1. The van der Waals surface area contributed by atoms with Crippen LogP contribution in [0.1, 0.15) is 48.9 Å². The fraction of sp³-hybridized carbons (Fsp3) is 0.632. The standard InChI is InChI=1S/C19H27N3O/c1-22(2)16-5-3-15(4-6-16)17(23)21-19-10-13-7-14(11-19)9-18(20,8-13)12-19/h3-6,13-14H,7-12,20H2,1-2H3,(H,21,23). The second-order valence-corrected chi connectivity index (χ2v) is 8.50. The van der Waals surface area contributed by atoms with E-state index in [2.05, 4.69) is 5.32 Å². The molecule has 4 bridgehead atoms. The van der Waals surface area contributed by atoms with E-state index in [0.717, 1.165) is 43.4 Å². The Morgan fingerprint density at radius 2 is 1.74 bits per heavy atom. The molecule has 1 amide bonds. The summed E-state index contributed by atoms with van der Waals surface area (Å²) in [5, 5.41) is 3.38. The molecule has 1 aromatic carbocycles. The quantitative estimate of drug-likeness (QED) is 0.901. The summed E-state index contributed by atoms with van der Waals surface area (Å²) in [4.78, 5) is 14.8. The van der Waals surface area contributed by atoms with Gasteiger partial charge in [-0.1, -0.05) is 0 Å². The van der Waals surface area contributed by atoms with Crippen LogP contribution in [0.15, 0.2) is 24.3 Å². The molecule has 2 atom stereocenters. The molecule has 124 valence electrons. The van der Waals surface area contributed by atoms with Crippen molar-refractivity contribution in [2.75, 3.05) is 19.0 Å². The molecular formula is C19H27N3O. The number of nitrogens with two attached hydrogens (primary N) is 1. The average molecular weight is 313 g/mol. The molecule has 0 aromatic heterocycles. The third kappa shape index (κ3) is 2.63. The van der Waals surface area contributed by atoms with Gasteiger partial charge in [0.25, 0.3) is 5.91 Å². The van der Waals surface area contributed by atoms with Gasteiger partial charge in [0.05, 0.1) is 0 Å². The molecule has 23 heavy (non-hydrogen) atoms. The van der Waals surface area contributed by atoms with Gasteiger partial charge in [-0.15, -0.1) is 0 Å². The lowest BCUT2D eigenvalue weighted by atomic mass is 9.50. The zero-order valence-corrected chi connectivity index (χ0v) is 14.1. The third-order valence-electron chi connectivity index (χ3n) is 6.13. The van der Waals surface area contributed by atoms with Crippen molar-refractivity contribution >= 4 is 11.6 Å². The number of hydrogen-bond donors (Lipinski definition) is 2. The van der Waals surface area contributed by atoms with Crippen LogP contribution in [-0.2, 0) is 0 Å². The lowest BCUT2D eigenvalue weighted by Gasteiger charge is -2.61. The van der Waals surface area contributed by atoms with E-state index in [-0.39, 0.29) is 17.0 Å². The SMILES string of the molecule is CN(C)c1ccc(C(=O)NC23CC4CC(CC(N)(C4)C2)C3)cc1. The lowest BCUT2D eigenvalue weighted by Crippen LogP contribution is -2.68. The van der Waals surface area contributed by atoms with Gasteiger partial charge < -0.3 is 16.0 Å². The first-order valence-corrected chi connectivity index (χ1v) is 8.75. The summed E-state index contributed by atoms with van der Waals surface area (Å²) in [6, 6.07) is 7.84. The summed E-state index contributed by atoms with van der Waals surface area (Å²) in [6.07, 6.45) is 6.80. The molecule has 0 saturated heterocycles. The number of carbonyl (C=O) groups excluding carboxylic acids is 1. The number of rotatable bonds is 3. The van der Waals surface area contributed by atoms with Crippen molar-refractivity contribution in [1.82, 2.24) is 5.32 Å². The van der Waals surface area contributed by atoms with Gasteiger partial charge in [0.1, 0.15) is 0 Å². The van der Waals surface area contributed by atoms with E-state index in [9.17, 15) is 4.79 Å². The Hall–Kier alpha value is -1.55.